The van der Waals surface area contributed by atoms with E-state index in [-0.39, 0.29) is 22.8 Å². The second-order valence-corrected chi connectivity index (χ2v) is 9.00. The number of aryl methyl sites for hydroxylation is 1. The molecule has 1 N–H and O–H groups in total. The Labute approximate surface area is 173 Å². The summed E-state index contributed by atoms with van der Waals surface area (Å²) >= 11 is 7.31. The first kappa shape index (κ1) is 20.4. The number of nitrogens with zero attached hydrogens (tertiary/aromatic N) is 2. The zero-order chi connectivity index (χ0) is 20.5. The number of thioether (sulfide) groups is 1. The highest BCUT2D eigenvalue weighted by Crippen LogP contribution is 2.23. The highest BCUT2D eigenvalue weighted by atomic mass is 35.5. The molecule has 0 aliphatic heterocycles. The molecule has 0 bridgehead atoms. The fourth-order valence-corrected chi connectivity index (χ4v) is 3.79. The van der Waals surface area contributed by atoms with Crippen LogP contribution in [0.25, 0.3) is 16.6 Å². The summed E-state index contributed by atoms with van der Waals surface area (Å²) in [6.45, 7) is 7.74. The van der Waals surface area contributed by atoms with Crippen LogP contribution in [0.5, 0.6) is 0 Å². The number of carbonyl (C=O) groups is 1. The number of aromatic nitrogens is 2. The van der Waals surface area contributed by atoms with Crippen molar-refractivity contribution in [2.75, 3.05) is 5.75 Å². The molecule has 1 amide bonds. The van der Waals surface area contributed by atoms with Crippen molar-refractivity contribution in [2.45, 2.75) is 38.4 Å². The molecule has 0 unspecified atom stereocenters. The summed E-state index contributed by atoms with van der Waals surface area (Å²) in [5.74, 6) is 0.0374. The van der Waals surface area contributed by atoms with Crippen molar-refractivity contribution in [3.8, 4) is 5.69 Å². The quantitative estimate of drug-likeness (QED) is 0.508. The maximum Gasteiger partial charge on any atom is 0.266 e. The van der Waals surface area contributed by atoms with Crippen molar-refractivity contribution in [1.82, 2.24) is 14.9 Å². The lowest BCUT2D eigenvalue weighted by Crippen LogP contribution is -2.41. The summed E-state index contributed by atoms with van der Waals surface area (Å²) in [5, 5.41) is 4.37. The lowest BCUT2D eigenvalue weighted by molar-refractivity contribution is -0.119. The van der Waals surface area contributed by atoms with E-state index in [1.54, 1.807) is 22.8 Å². The first-order chi connectivity index (χ1) is 13.1. The van der Waals surface area contributed by atoms with Gasteiger partial charge >= 0.3 is 0 Å². The monoisotopic (exact) mass is 415 g/mol. The predicted molar refractivity (Wildman–Crippen MR) is 116 cm³/mol. The molecule has 0 saturated carbocycles. The van der Waals surface area contributed by atoms with Gasteiger partial charge < -0.3 is 5.32 Å². The van der Waals surface area contributed by atoms with Crippen LogP contribution in [0.3, 0.4) is 0 Å². The van der Waals surface area contributed by atoms with E-state index in [4.69, 9.17) is 11.6 Å². The second-order valence-electron chi connectivity index (χ2n) is 7.62. The average molecular weight is 416 g/mol. The molecule has 5 nitrogen and oxygen atoms in total. The van der Waals surface area contributed by atoms with E-state index in [9.17, 15) is 9.59 Å². The molecular formula is C21H22ClN3O2S. The van der Waals surface area contributed by atoms with Gasteiger partial charge in [0.15, 0.2) is 5.16 Å². The Morgan fingerprint density at radius 1 is 1.21 bits per heavy atom. The van der Waals surface area contributed by atoms with Gasteiger partial charge in [0.2, 0.25) is 5.91 Å². The topological polar surface area (TPSA) is 64.0 Å². The maximum atomic E-state index is 13.2. The summed E-state index contributed by atoms with van der Waals surface area (Å²) in [6.07, 6.45) is 0. The molecule has 2 aromatic carbocycles. The molecule has 3 aromatic rings. The smallest absolute Gasteiger partial charge is 0.266 e. The molecule has 0 saturated heterocycles. The maximum absolute atomic E-state index is 13.2. The third-order valence-electron chi connectivity index (χ3n) is 3.91. The van der Waals surface area contributed by atoms with Gasteiger partial charge in [0.1, 0.15) is 0 Å². The van der Waals surface area contributed by atoms with Gasteiger partial charge in [0.25, 0.3) is 5.56 Å². The summed E-state index contributed by atoms with van der Waals surface area (Å²) < 4.78 is 1.55. The van der Waals surface area contributed by atoms with Crippen LogP contribution in [0.15, 0.2) is 52.4 Å². The Kier molecular flexibility index (Phi) is 5.82. The average Bonchev–Trinajstić information content (AvgIpc) is 2.58. The standard InChI is InChI=1S/C21H22ClN3O2S/c1-13-6-5-7-15(10-13)25-19(27)16-9-8-14(22)11-17(16)23-20(25)28-12-18(26)24-21(2,3)4/h5-11H,12H2,1-4H3,(H,24,26). The molecule has 0 fully saturated rings. The van der Waals surface area contributed by atoms with Gasteiger partial charge in [0.05, 0.1) is 22.3 Å². The van der Waals surface area contributed by atoms with E-state index in [1.165, 1.54) is 11.8 Å². The van der Waals surface area contributed by atoms with Crippen LogP contribution < -0.4 is 10.9 Å². The number of benzene rings is 2. The summed E-state index contributed by atoms with van der Waals surface area (Å²) in [6, 6.07) is 12.7. The van der Waals surface area contributed by atoms with Gasteiger partial charge in [-0.25, -0.2) is 4.98 Å². The van der Waals surface area contributed by atoms with Gasteiger partial charge in [-0.2, -0.15) is 0 Å². The number of nitrogens with one attached hydrogen (secondary N) is 1. The number of carbonyl (C=O) groups excluding carboxylic acids is 1. The first-order valence-electron chi connectivity index (χ1n) is 8.87. The fraction of sp³-hybridized carbons (Fsp3) is 0.286. The van der Waals surface area contributed by atoms with E-state index in [0.29, 0.717) is 26.8 Å². The number of amides is 1. The minimum atomic E-state index is -0.321. The molecule has 1 aromatic heterocycles. The van der Waals surface area contributed by atoms with Crippen LogP contribution in [0, 0.1) is 6.92 Å². The third kappa shape index (κ3) is 4.75. The van der Waals surface area contributed by atoms with Crippen molar-refractivity contribution in [1.29, 1.82) is 0 Å². The number of fused-ring (bicyclic) bond motifs is 1. The number of rotatable bonds is 4. The van der Waals surface area contributed by atoms with Crippen molar-refractivity contribution >= 4 is 40.2 Å². The molecule has 7 heteroatoms. The van der Waals surface area contributed by atoms with E-state index < -0.39 is 0 Å². The lowest BCUT2D eigenvalue weighted by Gasteiger charge is -2.20. The molecule has 146 valence electrons. The van der Waals surface area contributed by atoms with Crippen molar-refractivity contribution in [3.05, 3.63) is 63.4 Å². The third-order valence-corrected chi connectivity index (χ3v) is 5.08. The number of hydrogen-bond donors (Lipinski definition) is 1. The molecule has 28 heavy (non-hydrogen) atoms. The van der Waals surface area contributed by atoms with E-state index in [1.807, 2.05) is 52.0 Å². The Hall–Kier alpha value is -2.31. The Morgan fingerprint density at radius 3 is 2.64 bits per heavy atom. The minimum absolute atomic E-state index is 0.117. The van der Waals surface area contributed by atoms with E-state index in [2.05, 4.69) is 10.3 Å². The lowest BCUT2D eigenvalue weighted by atomic mass is 10.1. The SMILES string of the molecule is Cc1cccc(-n2c(SCC(=O)NC(C)(C)C)nc3cc(Cl)ccc3c2=O)c1. The minimum Gasteiger partial charge on any atom is -0.351 e. The largest absolute Gasteiger partial charge is 0.351 e. The Bertz CT molecular complexity index is 1100. The molecular weight excluding hydrogens is 394 g/mol. The molecule has 0 spiro atoms. The van der Waals surface area contributed by atoms with Crippen LogP contribution in [0.4, 0.5) is 0 Å². The van der Waals surface area contributed by atoms with Crippen LogP contribution in [-0.4, -0.2) is 26.8 Å². The van der Waals surface area contributed by atoms with Crippen molar-refractivity contribution < 1.29 is 4.79 Å². The highest BCUT2D eigenvalue weighted by molar-refractivity contribution is 7.99. The van der Waals surface area contributed by atoms with E-state index in [0.717, 1.165) is 5.56 Å². The predicted octanol–water partition coefficient (Wildman–Crippen LogP) is 4.35. The highest BCUT2D eigenvalue weighted by Gasteiger charge is 2.18. The Morgan fingerprint density at radius 2 is 1.96 bits per heavy atom. The molecule has 0 aliphatic rings. The molecule has 0 atom stereocenters. The van der Waals surface area contributed by atoms with Gasteiger partial charge in [-0.15, -0.1) is 0 Å². The first-order valence-corrected chi connectivity index (χ1v) is 10.2. The molecule has 0 aliphatic carbocycles. The summed E-state index contributed by atoms with van der Waals surface area (Å²) in [4.78, 5) is 30.1. The molecule has 3 rings (SSSR count). The molecule has 1 heterocycles. The Balaban J connectivity index is 2.09. The summed E-state index contributed by atoms with van der Waals surface area (Å²) in [7, 11) is 0. The van der Waals surface area contributed by atoms with Crippen molar-refractivity contribution in [3.63, 3.8) is 0 Å². The van der Waals surface area contributed by atoms with Crippen molar-refractivity contribution in [2.24, 2.45) is 0 Å². The summed E-state index contributed by atoms with van der Waals surface area (Å²) in [5.41, 5.74) is 1.75. The number of hydrogen-bond acceptors (Lipinski definition) is 4. The van der Waals surface area contributed by atoms with Gasteiger partial charge in [-0.3, -0.25) is 14.2 Å². The van der Waals surface area contributed by atoms with E-state index >= 15 is 0 Å². The van der Waals surface area contributed by atoms with Crippen LogP contribution in [0.2, 0.25) is 5.02 Å². The molecule has 0 radical (unpaired) electrons. The van der Waals surface area contributed by atoms with Gasteiger partial charge in [-0.05, 0) is 63.6 Å². The normalized spacial score (nSPS) is 11.6. The van der Waals surface area contributed by atoms with Crippen LogP contribution in [0.1, 0.15) is 26.3 Å². The van der Waals surface area contributed by atoms with Crippen LogP contribution in [-0.2, 0) is 4.79 Å². The number of halogens is 1. The van der Waals surface area contributed by atoms with Gasteiger partial charge in [-0.1, -0.05) is 35.5 Å². The zero-order valence-electron chi connectivity index (χ0n) is 16.2. The second kappa shape index (κ2) is 7.97. The van der Waals surface area contributed by atoms with Crippen LogP contribution >= 0.6 is 23.4 Å². The fourth-order valence-electron chi connectivity index (χ4n) is 2.81. The zero-order valence-corrected chi connectivity index (χ0v) is 17.8. The van der Waals surface area contributed by atoms with Gasteiger partial charge in [0, 0.05) is 10.6 Å².